The highest BCUT2D eigenvalue weighted by molar-refractivity contribution is 5.91. The third-order valence-corrected chi connectivity index (χ3v) is 5.21. The molecule has 0 unspecified atom stereocenters. The molecule has 0 atom stereocenters. The number of ether oxygens (including phenoxy) is 3. The number of benzene rings is 2. The van der Waals surface area contributed by atoms with E-state index in [-0.39, 0.29) is 5.91 Å². The number of methoxy groups -OCH3 is 3. The van der Waals surface area contributed by atoms with E-state index in [4.69, 9.17) is 14.2 Å². The predicted molar refractivity (Wildman–Crippen MR) is 118 cm³/mol. The Labute approximate surface area is 178 Å². The van der Waals surface area contributed by atoms with E-state index in [0.717, 1.165) is 17.7 Å². The Hall–Kier alpha value is -2.99. The van der Waals surface area contributed by atoms with E-state index in [1.807, 2.05) is 0 Å². The highest BCUT2D eigenvalue weighted by Crippen LogP contribution is 2.38. The maximum absolute atomic E-state index is 12.2. The van der Waals surface area contributed by atoms with Gasteiger partial charge in [-0.3, -0.25) is 9.69 Å². The standard InChI is InChI=1S/C24H30N2O4/c1-28-21-14-20(15-22(29-2)24(21)30-3)10-11-23(27)25-16-18-6-8-19(9-7-18)17-26-12-4-5-13-26/h6-11,14-15H,4-5,12-13,16-17H2,1-3H3,(H,25,27)/b11-10+. The molecule has 0 bridgehead atoms. The van der Waals surface area contributed by atoms with Crippen LogP contribution in [0.15, 0.2) is 42.5 Å². The summed E-state index contributed by atoms with van der Waals surface area (Å²) in [6.45, 7) is 3.87. The molecule has 0 aromatic heterocycles. The molecule has 1 N–H and O–H groups in total. The SMILES string of the molecule is COc1cc(/C=C/C(=O)NCc2ccc(CN3CCCC3)cc2)cc(OC)c1OC. The Morgan fingerprint density at radius 2 is 1.57 bits per heavy atom. The zero-order valence-electron chi connectivity index (χ0n) is 17.9. The number of nitrogens with one attached hydrogen (secondary N) is 1. The van der Waals surface area contributed by atoms with Gasteiger partial charge in [0.25, 0.3) is 0 Å². The summed E-state index contributed by atoms with van der Waals surface area (Å²) in [6, 6.07) is 12.0. The van der Waals surface area contributed by atoms with Crippen LogP contribution < -0.4 is 19.5 Å². The van der Waals surface area contributed by atoms with Crippen molar-refractivity contribution < 1.29 is 19.0 Å². The number of carbonyl (C=O) groups is 1. The average Bonchev–Trinajstić information content (AvgIpc) is 3.29. The molecule has 6 heteroatoms. The number of nitrogens with zero attached hydrogens (tertiary/aromatic N) is 1. The summed E-state index contributed by atoms with van der Waals surface area (Å²) in [4.78, 5) is 14.7. The van der Waals surface area contributed by atoms with Gasteiger partial charge in [-0.15, -0.1) is 0 Å². The Morgan fingerprint density at radius 3 is 2.13 bits per heavy atom. The second-order valence-electron chi connectivity index (χ2n) is 7.31. The molecule has 0 saturated carbocycles. The van der Waals surface area contributed by atoms with Crippen molar-refractivity contribution in [2.24, 2.45) is 0 Å². The molecule has 0 aliphatic carbocycles. The molecule has 2 aromatic rings. The van der Waals surface area contributed by atoms with Crippen LogP contribution in [0.1, 0.15) is 29.5 Å². The van der Waals surface area contributed by atoms with Gasteiger partial charge in [0.15, 0.2) is 11.5 Å². The van der Waals surface area contributed by atoms with Crippen molar-refractivity contribution in [3.8, 4) is 17.2 Å². The minimum atomic E-state index is -0.162. The molecule has 30 heavy (non-hydrogen) atoms. The molecule has 1 fully saturated rings. The molecular formula is C24H30N2O4. The molecule has 1 aliphatic heterocycles. The monoisotopic (exact) mass is 410 g/mol. The predicted octanol–water partition coefficient (Wildman–Crippen LogP) is 3.64. The third-order valence-electron chi connectivity index (χ3n) is 5.21. The lowest BCUT2D eigenvalue weighted by atomic mass is 10.1. The fourth-order valence-corrected chi connectivity index (χ4v) is 3.58. The smallest absolute Gasteiger partial charge is 0.244 e. The second kappa shape index (κ2) is 10.7. The largest absolute Gasteiger partial charge is 0.493 e. The van der Waals surface area contributed by atoms with E-state index < -0.39 is 0 Å². The Balaban J connectivity index is 1.54. The van der Waals surface area contributed by atoms with Crippen LogP contribution in [0, 0.1) is 0 Å². The van der Waals surface area contributed by atoms with Crippen molar-refractivity contribution in [1.29, 1.82) is 0 Å². The van der Waals surface area contributed by atoms with E-state index in [2.05, 4.69) is 34.5 Å². The first-order chi connectivity index (χ1) is 14.6. The Morgan fingerprint density at radius 1 is 0.967 bits per heavy atom. The first kappa shape index (κ1) is 21.7. The molecule has 1 saturated heterocycles. The Bertz CT molecular complexity index is 846. The van der Waals surface area contributed by atoms with E-state index in [0.29, 0.717) is 23.8 Å². The van der Waals surface area contributed by atoms with Crippen molar-refractivity contribution >= 4 is 12.0 Å². The highest BCUT2D eigenvalue weighted by atomic mass is 16.5. The van der Waals surface area contributed by atoms with Gasteiger partial charge in [-0.05, 0) is 60.8 Å². The molecular weight excluding hydrogens is 380 g/mol. The average molecular weight is 411 g/mol. The van der Waals surface area contributed by atoms with Crippen molar-refractivity contribution in [2.75, 3.05) is 34.4 Å². The fourth-order valence-electron chi connectivity index (χ4n) is 3.58. The van der Waals surface area contributed by atoms with Gasteiger partial charge in [-0.25, -0.2) is 0 Å². The summed E-state index contributed by atoms with van der Waals surface area (Å²) in [5, 5.41) is 2.92. The van der Waals surface area contributed by atoms with Crippen LogP contribution in [0.3, 0.4) is 0 Å². The van der Waals surface area contributed by atoms with Crippen LogP contribution in [0.5, 0.6) is 17.2 Å². The summed E-state index contributed by atoms with van der Waals surface area (Å²) in [6.07, 6.45) is 5.82. The molecule has 1 aliphatic rings. The van der Waals surface area contributed by atoms with Gasteiger partial charge >= 0.3 is 0 Å². The summed E-state index contributed by atoms with van der Waals surface area (Å²) < 4.78 is 16.0. The third kappa shape index (κ3) is 5.76. The van der Waals surface area contributed by atoms with Crippen LogP contribution >= 0.6 is 0 Å². The van der Waals surface area contributed by atoms with Crippen molar-refractivity contribution in [2.45, 2.75) is 25.9 Å². The number of hydrogen-bond donors (Lipinski definition) is 1. The summed E-state index contributed by atoms with van der Waals surface area (Å²) in [5.41, 5.74) is 3.18. The number of hydrogen-bond acceptors (Lipinski definition) is 5. The van der Waals surface area contributed by atoms with E-state index in [9.17, 15) is 4.79 Å². The number of likely N-dealkylation sites (tertiary alicyclic amines) is 1. The topological polar surface area (TPSA) is 60.0 Å². The normalized spacial score (nSPS) is 14.1. The maximum atomic E-state index is 12.2. The van der Waals surface area contributed by atoms with Crippen LogP contribution in [0.4, 0.5) is 0 Å². The van der Waals surface area contributed by atoms with Crippen LogP contribution in [0.2, 0.25) is 0 Å². The van der Waals surface area contributed by atoms with Gasteiger partial charge in [-0.1, -0.05) is 24.3 Å². The lowest BCUT2D eigenvalue weighted by Gasteiger charge is -2.14. The number of carbonyl (C=O) groups excluding carboxylic acids is 1. The van der Waals surface area contributed by atoms with Crippen molar-refractivity contribution in [3.63, 3.8) is 0 Å². The summed E-state index contributed by atoms with van der Waals surface area (Å²) in [7, 11) is 4.68. The lowest BCUT2D eigenvalue weighted by molar-refractivity contribution is -0.116. The van der Waals surface area contributed by atoms with Gasteiger partial charge < -0.3 is 19.5 Å². The maximum Gasteiger partial charge on any atom is 0.244 e. The van der Waals surface area contributed by atoms with Gasteiger partial charge in [0.05, 0.1) is 21.3 Å². The minimum Gasteiger partial charge on any atom is -0.493 e. The molecule has 3 rings (SSSR count). The summed E-state index contributed by atoms with van der Waals surface area (Å²) in [5.74, 6) is 1.46. The molecule has 0 radical (unpaired) electrons. The van der Waals surface area contributed by atoms with E-state index >= 15 is 0 Å². The minimum absolute atomic E-state index is 0.162. The van der Waals surface area contributed by atoms with E-state index in [1.54, 1.807) is 39.5 Å². The Kier molecular flexibility index (Phi) is 7.74. The van der Waals surface area contributed by atoms with Crippen LogP contribution in [-0.4, -0.2) is 45.2 Å². The van der Waals surface area contributed by atoms with Gasteiger partial charge in [0.2, 0.25) is 11.7 Å². The number of amides is 1. The van der Waals surface area contributed by atoms with E-state index in [1.165, 1.54) is 37.6 Å². The molecule has 2 aromatic carbocycles. The zero-order valence-corrected chi connectivity index (χ0v) is 17.9. The van der Waals surface area contributed by atoms with Gasteiger partial charge in [-0.2, -0.15) is 0 Å². The summed E-state index contributed by atoms with van der Waals surface area (Å²) >= 11 is 0. The lowest BCUT2D eigenvalue weighted by Crippen LogP contribution is -2.20. The number of rotatable bonds is 9. The quantitative estimate of drug-likeness (QED) is 0.640. The first-order valence-corrected chi connectivity index (χ1v) is 10.2. The second-order valence-corrected chi connectivity index (χ2v) is 7.31. The first-order valence-electron chi connectivity index (χ1n) is 10.2. The molecule has 1 heterocycles. The zero-order chi connectivity index (χ0) is 21.3. The molecule has 1 amide bonds. The van der Waals surface area contributed by atoms with Crippen LogP contribution in [-0.2, 0) is 17.9 Å². The highest BCUT2D eigenvalue weighted by Gasteiger charge is 2.13. The van der Waals surface area contributed by atoms with Crippen LogP contribution in [0.25, 0.3) is 6.08 Å². The molecule has 0 spiro atoms. The van der Waals surface area contributed by atoms with Crippen molar-refractivity contribution in [3.05, 3.63) is 59.2 Å². The molecule has 6 nitrogen and oxygen atoms in total. The fraction of sp³-hybridized carbons (Fsp3) is 0.375. The molecule has 160 valence electrons. The van der Waals surface area contributed by atoms with Crippen molar-refractivity contribution in [1.82, 2.24) is 10.2 Å². The van der Waals surface area contributed by atoms with Gasteiger partial charge in [0.1, 0.15) is 0 Å². The van der Waals surface area contributed by atoms with Gasteiger partial charge in [0, 0.05) is 19.2 Å².